The molecule has 0 aromatic rings. The average molecular weight is 197 g/mol. The highest BCUT2D eigenvalue weighted by atomic mass is 19.1. The van der Waals surface area contributed by atoms with Crippen molar-refractivity contribution in [3.8, 4) is 0 Å². The molecule has 0 spiro atoms. The first-order valence-electron chi connectivity index (χ1n) is 3.77. The summed E-state index contributed by atoms with van der Waals surface area (Å²) in [7, 11) is 1.52. The minimum atomic E-state index is -0.780. The van der Waals surface area contributed by atoms with Crippen LogP contribution in [0.3, 0.4) is 0 Å². The molecule has 5 nitrogen and oxygen atoms in total. The number of halogens is 1. The fraction of sp³-hybridized carbons (Fsp3) is 0.125. The summed E-state index contributed by atoms with van der Waals surface area (Å²) < 4.78 is 12.9. The van der Waals surface area contributed by atoms with E-state index in [-0.39, 0.29) is 11.3 Å². The number of nitrogens with one attached hydrogen (secondary N) is 2. The van der Waals surface area contributed by atoms with Crippen LogP contribution in [0.15, 0.2) is 35.4 Å². The van der Waals surface area contributed by atoms with E-state index in [4.69, 9.17) is 5.41 Å². The summed E-state index contributed by atoms with van der Waals surface area (Å²) in [6.45, 7) is 0. The van der Waals surface area contributed by atoms with Crippen LogP contribution in [0.1, 0.15) is 0 Å². The van der Waals surface area contributed by atoms with Gasteiger partial charge in [0.25, 0.3) is 5.70 Å². The Hall–Kier alpha value is -1.98. The molecule has 0 unspecified atom stereocenters. The molecule has 1 aliphatic carbocycles. The normalized spacial score (nSPS) is 19.0. The fourth-order valence-electron chi connectivity index (χ4n) is 1.03. The number of rotatable bonds is 2. The van der Waals surface area contributed by atoms with E-state index < -0.39 is 16.5 Å². The molecule has 0 radical (unpaired) electrons. The molecule has 0 amide bonds. The molecule has 0 atom stereocenters. The molecular weight excluding hydrogens is 189 g/mol. The molecule has 2 N–H and O–H groups in total. The summed E-state index contributed by atoms with van der Waals surface area (Å²) in [5.41, 5.74) is -0.822. The molecule has 0 aromatic heterocycles. The second-order valence-corrected chi connectivity index (χ2v) is 2.55. The van der Waals surface area contributed by atoms with Gasteiger partial charge in [0.2, 0.25) is 0 Å². The Kier molecular flexibility index (Phi) is 2.76. The quantitative estimate of drug-likeness (QED) is 0.514. The predicted molar refractivity (Wildman–Crippen MR) is 49.1 cm³/mol. The van der Waals surface area contributed by atoms with Gasteiger partial charge >= 0.3 is 0 Å². The van der Waals surface area contributed by atoms with Crippen LogP contribution in [0.2, 0.25) is 0 Å². The first-order valence-corrected chi connectivity index (χ1v) is 3.77. The van der Waals surface area contributed by atoms with E-state index in [0.29, 0.717) is 0 Å². The largest absolute Gasteiger partial charge is 0.393 e. The fourth-order valence-corrected chi connectivity index (χ4v) is 1.03. The first kappa shape index (κ1) is 10.1. The second kappa shape index (κ2) is 3.82. The summed E-state index contributed by atoms with van der Waals surface area (Å²) in [6, 6.07) is 0. The molecule has 6 heteroatoms. The molecule has 0 aromatic carbocycles. The van der Waals surface area contributed by atoms with Gasteiger partial charge in [-0.05, 0) is 6.08 Å². The van der Waals surface area contributed by atoms with Crippen LogP contribution in [-0.2, 0) is 0 Å². The van der Waals surface area contributed by atoms with Gasteiger partial charge in [-0.1, -0.05) is 0 Å². The Morgan fingerprint density at radius 1 is 1.64 bits per heavy atom. The van der Waals surface area contributed by atoms with Gasteiger partial charge < -0.3 is 5.32 Å². The van der Waals surface area contributed by atoms with Gasteiger partial charge in [0.1, 0.15) is 11.5 Å². The summed E-state index contributed by atoms with van der Waals surface area (Å²) >= 11 is 0. The van der Waals surface area contributed by atoms with Crippen molar-refractivity contribution in [1.29, 1.82) is 5.41 Å². The molecule has 0 saturated carbocycles. The van der Waals surface area contributed by atoms with E-state index in [1.807, 2.05) is 0 Å². The monoisotopic (exact) mass is 197 g/mol. The maximum atomic E-state index is 12.9. The zero-order valence-electron chi connectivity index (χ0n) is 7.37. The predicted octanol–water partition coefficient (Wildman–Crippen LogP) is 1.14. The van der Waals surface area contributed by atoms with Crippen molar-refractivity contribution in [2.24, 2.45) is 0 Å². The third-order valence-electron chi connectivity index (χ3n) is 1.66. The maximum Gasteiger partial charge on any atom is 0.280 e. The van der Waals surface area contributed by atoms with E-state index in [1.54, 1.807) is 0 Å². The molecule has 14 heavy (non-hydrogen) atoms. The average Bonchev–Trinajstić information content (AvgIpc) is 2.13. The highest BCUT2D eigenvalue weighted by Gasteiger charge is 2.26. The standard InChI is InChI=1S/C8H8FN3O2/c1-11-4-5-7(12(13)14)3-2-6(9)8(5)10/h2-4,10-11H,1H3/b5-4-,10-8?. The summed E-state index contributed by atoms with van der Waals surface area (Å²) in [6.07, 6.45) is 3.17. The summed E-state index contributed by atoms with van der Waals surface area (Å²) in [5, 5.41) is 20.3. The lowest BCUT2D eigenvalue weighted by molar-refractivity contribution is -0.420. The Morgan fingerprint density at radius 2 is 2.29 bits per heavy atom. The Morgan fingerprint density at radius 3 is 2.79 bits per heavy atom. The number of hydrogen-bond acceptors (Lipinski definition) is 4. The SMILES string of the molecule is CN/C=C1\C(=N)C(F)=CC=C1[N+](=O)[O-]. The van der Waals surface area contributed by atoms with Gasteiger partial charge in [0.15, 0.2) is 0 Å². The van der Waals surface area contributed by atoms with Crippen molar-refractivity contribution in [1.82, 2.24) is 5.32 Å². The molecule has 0 fully saturated rings. The third kappa shape index (κ3) is 1.68. The molecular formula is C8H8FN3O2. The molecule has 0 heterocycles. The first-order chi connectivity index (χ1) is 6.57. The molecule has 0 saturated heterocycles. The summed E-state index contributed by atoms with van der Waals surface area (Å²) in [5.74, 6) is -0.780. The Bertz CT molecular complexity index is 382. The number of nitro groups is 1. The van der Waals surface area contributed by atoms with Crippen molar-refractivity contribution in [3.05, 3.63) is 45.6 Å². The van der Waals surface area contributed by atoms with E-state index in [1.165, 1.54) is 13.2 Å². The van der Waals surface area contributed by atoms with Crippen molar-refractivity contribution in [3.63, 3.8) is 0 Å². The van der Waals surface area contributed by atoms with Crippen LogP contribution in [-0.4, -0.2) is 17.7 Å². The van der Waals surface area contributed by atoms with Crippen LogP contribution < -0.4 is 5.32 Å². The topological polar surface area (TPSA) is 79.0 Å². The second-order valence-electron chi connectivity index (χ2n) is 2.55. The van der Waals surface area contributed by atoms with E-state index in [0.717, 1.165) is 12.2 Å². The van der Waals surface area contributed by atoms with Crippen molar-refractivity contribution in [2.75, 3.05) is 7.05 Å². The minimum Gasteiger partial charge on any atom is -0.393 e. The lowest BCUT2D eigenvalue weighted by atomic mass is 10.0. The third-order valence-corrected chi connectivity index (χ3v) is 1.66. The number of allylic oxidation sites excluding steroid dienone is 4. The van der Waals surface area contributed by atoms with Crippen LogP contribution in [0.4, 0.5) is 4.39 Å². The van der Waals surface area contributed by atoms with Crippen LogP contribution in [0, 0.1) is 15.5 Å². The zero-order chi connectivity index (χ0) is 10.7. The molecule has 1 aliphatic rings. The van der Waals surface area contributed by atoms with Gasteiger partial charge in [0.05, 0.1) is 10.5 Å². The van der Waals surface area contributed by atoms with Crippen LogP contribution in [0.25, 0.3) is 0 Å². The lowest BCUT2D eigenvalue weighted by Crippen LogP contribution is -2.16. The van der Waals surface area contributed by atoms with Crippen molar-refractivity contribution >= 4 is 5.71 Å². The van der Waals surface area contributed by atoms with Crippen LogP contribution >= 0.6 is 0 Å². The lowest BCUT2D eigenvalue weighted by Gasteiger charge is -2.08. The van der Waals surface area contributed by atoms with Gasteiger partial charge in [-0.3, -0.25) is 15.5 Å². The smallest absolute Gasteiger partial charge is 0.280 e. The highest BCUT2D eigenvalue weighted by molar-refractivity contribution is 6.12. The number of nitrogens with zero attached hydrogens (tertiary/aromatic N) is 1. The van der Waals surface area contributed by atoms with Crippen molar-refractivity contribution in [2.45, 2.75) is 0 Å². The van der Waals surface area contributed by atoms with Crippen LogP contribution in [0.5, 0.6) is 0 Å². The molecule has 74 valence electrons. The molecule has 0 bridgehead atoms. The maximum absolute atomic E-state index is 12.9. The van der Waals surface area contributed by atoms with Crippen molar-refractivity contribution < 1.29 is 9.31 Å². The Labute approximate surface area is 79.3 Å². The van der Waals surface area contributed by atoms with E-state index in [9.17, 15) is 14.5 Å². The highest BCUT2D eigenvalue weighted by Crippen LogP contribution is 2.21. The Balaban J connectivity index is 3.20. The van der Waals surface area contributed by atoms with Gasteiger partial charge in [-0.25, -0.2) is 4.39 Å². The van der Waals surface area contributed by atoms with Gasteiger partial charge in [-0.2, -0.15) is 0 Å². The van der Waals surface area contributed by atoms with E-state index in [2.05, 4.69) is 5.32 Å². The zero-order valence-corrected chi connectivity index (χ0v) is 7.37. The van der Waals surface area contributed by atoms with Gasteiger partial charge in [-0.15, -0.1) is 0 Å². The van der Waals surface area contributed by atoms with E-state index >= 15 is 0 Å². The van der Waals surface area contributed by atoms with Gasteiger partial charge in [0, 0.05) is 19.3 Å². The summed E-state index contributed by atoms with van der Waals surface area (Å²) in [4.78, 5) is 9.86. The minimum absolute atomic E-state index is 0.0579. The molecule has 1 rings (SSSR count). The molecule has 0 aliphatic heterocycles. The number of hydrogen-bond donors (Lipinski definition) is 2.